The van der Waals surface area contributed by atoms with Crippen LogP contribution in [0, 0.1) is 17.8 Å². The Kier molecular flexibility index (Phi) is 1.47. The molecule has 0 aromatic carbocycles. The highest BCUT2D eigenvalue weighted by atomic mass is 16.4. The molecule has 0 aromatic rings. The molecule has 0 bridgehead atoms. The maximum atomic E-state index is 10.3. The SMILES string of the molecule is CC(C)C1C[C@H]1C(=O)O. The minimum Gasteiger partial charge on any atom is -0.481 e. The number of rotatable bonds is 2. The van der Waals surface area contributed by atoms with Crippen molar-refractivity contribution in [3.8, 4) is 0 Å². The summed E-state index contributed by atoms with van der Waals surface area (Å²) >= 11 is 0. The zero-order valence-corrected chi connectivity index (χ0v) is 5.79. The second kappa shape index (κ2) is 2.01. The van der Waals surface area contributed by atoms with Crippen LogP contribution in [0.2, 0.25) is 0 Å². The molecule has 0 saturated heterocycles. The van der Waals surface area contributed by atoms with Gasteiger partial charge in [0.2, 0.25) is 0 Å². The molecule has 0 aliphatic heterocycles. The van der Waals surface area contributed by atoms with Gasteiger partial charge in [0.05, 0.1) is 5.92 Å². The van der Waals surface area contributed by atoms with E-state index >= 15 is 0 Å². The molecule has 1 N–H and O–H groups in total. The molecule has 1 unspecified atom stereocenters. The van der Waals surface area contributed by atoms with Crippen LogP contribution in [-0.4, -0.2) is 11.1 Å². The van der Waals surface area contributed by atoms with E-state index in [4.69, 9.17) is 5.11 Å². The first kappa shape index (κ1) is 6.59. The van der Waals surface area contributed by atoms with Crippen LogP contribution in [0.5, 0.6) is 0 Å². The molecular formula is C7H12O2. The lowest BCUT2D eigenvalue weighted by Crippen LogP contribution is -2.02. The highest BCUT2D eigenvalue weighted by Gasteiger charge is 2.44. The van der Waals surface area contributed by atoms with Crippen molar-refractivity contribution in [3.63, 3.8) is 0 Å². The van der Waals surface area contributed by atoms with Gasteiger partial charge in [0, 0.05) is 0 Å². The van der Waals surface area contributed by atoms with Crippen molar-refractivity contribution < 1.29 is 9.90 Å². The molecule has 1 aliphatic rings. The number of carbonyl (C=O) groups is 1. The van der Waals surface area contributed by atoms with Gasteiger partial charge in [0.15, 0.2) is 0 Å². The molecular weight excluding hydrogens is 116 g/mol. The van der Waals surface area contributed by atoms with E-state index < -0.39 is 5.97 Å². The summed E-state index contributed by atoms with van der Waals surface area (Å²) in [5.74, 6) is 0.368. The van der Waals surface area contributed by atoms with Gasteiger partial charge < -0.3 is 5.11 Å². The normalized spacial score (nSPS) is 32.8. The Morgan fingerprint density at radius 2 is 2.22 bits per heavy atom. The van der Waals surface area contributed by atoms with E-state index in [0.29, 0.717) is 11.8 Å². The maximum Gasteiger partial charge on any atom is 0.306 e. The number of hydrogen-bond acceptors (Lipinski definition) is 1. The van der Waals surface area contributed by atoms with Gasteiger partial charge in [-0.15, -0.1) is 0 Å². The molecule has 0 amide bonds. The number of hydrogen-bond donors (Lipinski definition) is 1. The predicted octanol–water partition coefficient (Wildman–Crippen LogP) is 1.36. The fraction of sp³-hybridized carbons (Fsp3) is 0.857. The summed E-state index contributed by atoms with van der Waals surface area (Å²) in [5, 5.41) is 8.47. The van der Waals surface area contributed by atoms with Crippen LogP contribution in [0.1, 0.15) is 20.3 Å². The van der Waals surface area contributed by atoms with Crippen molar-refractivity contribution in [2.45, 2.75) is 20.3 Å². The third kappa shape index (κ3) is 1.23. The molecule has 9 heavy (non-hydrogen) atoms. The number of aliphatic carboxylic acids is 1. The van der Waals surface area contributed by atoms with Crippen molar-refractivity contribution in [3.05, 3.63) is 0 Å². The van der Waals surface area contributed by atoms with Crippen LogP contribution in [0.3, 0.4) is 0 Å². The molecule has 2 nitrogen and oxygen atoms in total. The van der Waals surface area contributed by atoms with E-state index in [0.717, 1.165) is 6.42 Å². The van der Waals surface area contributed by atoms with Crippen LogP contribution in [0.25, 0.3) is 0 Å². The van der Waals surface area contributed by atoms with Crippen molar-refractivity contribution in [1.82, 2.24) is 0 Å². The Labute approximate surface area is 54.9 Å². The molecule has 0 spiro atoms. The monoisotopic (exact) mass is 128 g/mol. The van der Waals surface area contributed by atoms with Gasteiger partial charge in [0.25, 0.3) is 0 Å². The minimum atomic E-state index is -0.617. The largest absolute Gasteiger partial charge is 0.481 e. The summed E-state index contributed by atoms with van der Waals surface area (Å²) in [6.45, 7) is 4.15. The second-order valence-electron chi connectivity index (χ2n) is 3.09. The first-order chi connectivity index (χ1) is 4.13. The van der Waals surface area contributed by atoms with Gasteiger partial charge in [-0.25, -0.2) is 0 Å². The smallest absolute Gasteiger partial charge is 0.306 e. The van der Waals surface area contributed by atoms with E-state index in [2.05, 4.69) is 13.8 Å². The van der Waals surface area contributed by atoms with E-state index in [1.807, 2.05) is 0 Å². The molecule has 52 valence electrons. The van der Waals surface area contributed by atoms with Gasteiger partial charge in [-0.1, -0.05) is 13.8 Å². The quantitative estimate of drug-likeness (QED) is 0.609. The summed E-state index contributed by atoms with van der Waals surface area (Å²) in [5.41, 5.74) is 0. The van der Waals surface area contributed by atoms with E-state index in [-0.39, 0.29) is 5.92 Å². The third-order valence-corrected chi connectivity index (χ3v) is 2.01. The molecule has 2 atom stereocenters. The van der Waals surface area contributed by atoms with Gasteiger partial charge in [0.1, 0.15) is 0 Å². The Morgan fingerprint density at radius 3 is 2.33 bits per heavy atom. The summed E-state index contributed by atoms with van der Waals surface area (Å²) < 4.78 is 0. The minimum absolute atomic E-state index is 0.0231. The van der Waals surface area contributed by atoms with Crippen LogP contribution < -0.4 is 0 Å². The lowest BCUT2D eigenvalue weighted by molar-refractivity contribution is -0.139. The number of carboxylic acids is 1. The molecule has 1 saturated carbocycles. The summed E-state index contributed by atoms with van der Waals surface area (Å²) in [7, 11) is 0. The first-order valence-electron chi connectivity index (χ1n) is 3.35. The fourth-order valence-electron chi connectivity index (χ4n) is 1.24. The lowest BCUT2D eigenvalue weighted by Gasteiger charge is -1.97. The highest BCUT2D eigenvalue weighted by molar-refractivity contribution is 5.73. The van der Waals surface area contributed by atoms with Crippen LogP contribution in [-0.2, 0) is 4.79 Å². The van der Waals surface area contributed by atoms with Gasteiger partial charge in [-0.2, -0.15) is 0 Å². The molecule has 0 aromatic heterocycles. The van der Waals surface area contributed by atoms with Crippen molar-refractivity contribution in [2.24, 2.45) is 17.8 Å². The topological polar surface area (TPSA) is 37.3 Å². The third-order valence-electron chi connectivity index (χ3n) is 2.01. The Morgan fingerprint density at radius 1 is 1.67 bits per heavy atom. The molecule has 2 heteroatoms. The summed E-state index contributed by atoms with van der Waals surface area (Å²) in [4.78, 5) is 10.3. The van der Waals surface area contributed by atoms with Gasteiger partial charge in [-0.05, 0) is 18.3 Å². The maximum absolute atomic E-state index is 10.3. The lowest BCUT2D eigenvalue weighted by atomic mass is 10.1. The van der Waals surface area contributed by atoms with E-state index in [1.54, 1.807) is 0 Å². The van der Waals surface area contributed by atoms with Crippen LogP contribution in [0.15, 0.2) is 0 Å². The first-order valence-corrected chi connectivity index (χ1v) is 3.35. The van der Waals surface area contributed by atoms with Gasteiger partial charge in [-0.3, -0.25) is 4.79 Å². The van der Waals surface area contributed by atoms with Crippen molar-refractivity contribution in [1.29, 1.82) is 0 Å². The van der Waals surface area contributed by atoms with Gasteiger partial charge >= 0.3 is 5.97 Å². The van der Waals surface area contributed by atoms with Crippen LogP contribution >= 0.6 is 0 Å². The molecule has 0 heterocycles. The number of carboxylic acid groups (broad SMARTS) is 1. The predicted molar refractivity (Wildman–Crippen MR) is 34.1 cm³/mol. The Balaban J connectivity index is 2.33. The highest BCUT2D eigenvalue weighted by Crippen LogP contribution is 2.43. The zero-order chi connectivity index (χ0) is 7.02. The molecule has 1 fully saturated rings. The standard InChI is InChI=1S/C7H12O2/c1-4(2)5-3-6(5)7(8)9/h4-6H,3H2,1-2H3,(H,8,9)/t5?,6-/m1/s1. The molecule has 0 radical (unpaired) electrons. The van der Waals surface area contributed by atoms with Crippen molar-refractivity contribution >= 4 is 5.97 Å². The fourth-order valence-corrected chi connectivity index (χ4v) is 1.24. The summed E-state index contributed by atoms with van der Waals surface area (Å²) in [6, 6.07) is 0. The second-order valence-corrected chi connectivity index (χ2v) is 3.09. The average Bonchev–Trinajstić information content (AvgIpc) is 2.39. The van der Waals surface area contributed by atoms with E-state index in [1.165, 1.54) is 0 Å². The molecule has 1 aliphatic carbocycles. The van der Waals surface area contributed by atoms with E-state index in [9.17, 15) is 4.79 Å². The Hall–Kier alpha value is -0.530. The zero-order valence-electron chi connectivity index (χ0n) is 5.79. The Bertz CT molecular complexity index is 129. The van der Waals surface area contributed by atoms with Crippen molar-refractivity contribution in [2.75, 3.05) is 0 Å². The van der Waals surface area contributed by atoms with Crippen LogP contribution in [0.4, 0.5) is 0 Å². The molecule has 1 rings (SSSR count). The average molecular weight is 128 g/mol. The summed E-state index contributed by atoms with van der Waals surface area (Å²) in [6.07, 6.45) is 0.896.